The molecule has 1 aliphatic carbocycles. The third-order valence-electron chi connectivity index (χ3n) is 8.58. The number of nitrogens with one attached hydrogen (secondary N) is 3. The van der Waals surface area contributed by atoms with Gasteiger partial charge in [-0.3, -0.25) is 14.4 Å². The van der Waals surface area contributed by atoms with E-state index in [2.05, 4.69) is 48.5 Å². The summed E-state index contributed by atoms with van der Waals surface area (Å²) in [6.45, 7) is 16.2. The van der Waals surface area contributed by atoms with E-state index in [1.54, 1.807) is 4.90 Å². The standard InChI is InChI=1S/C36H47N5O3/c1-21(2)17-27-32(42)39-29(26-18-24-11-9-10-12-25(24)19-26)34(44)41(27)30(33(43)40-36(6,7)8)22-13-15-23(16-14-22)31-37-20-28(38-31)35(3,4)5/h9-16,20-21,26-27,29-30H,17-19H2,1-8H3,(H,37,38)(H,39,42)(H,40,43). The monoisotopic (exact) mass is 597 g/mol. The van der Waals surface area contributed by atoms with Gasteiger partial charge in [-0.1, -0.05) is 83.1 Å². The second-order valence-electron chi connectivity index (χ2n) is 15.0. The molecule has 3 amide bonds. The van der Waals surface area contributed by atoms with Crippen LogP contribution >= 0.6 is 0 Å². The van der Waals surface area contributed by atoms with E-state index < -0.39 is 23.7 Å². The Morgan fingerprint density at radius 1 is 0.977 bits per heavy atom. The van der Waals surface area contributed by atoms with Gasteiger partial charge >= 0.3 is 0 Å². The van der Waals surface area contributed by atoms with Gasteiger partial charge in [-0.25, -0.2) is 4.98 Å². The normalized spacial score (nSPS) is 20.1. The Balaban J connectivity index is 1.54. The minimum absolute atomic E-state index is 0.0731. The number of H-pyrrole nitrogens is 1. The molecule has 3 atom stereocenters. The third-order valence-corrected chi connectivity index (χ3v) is 8.58. The van der Waals surface area contributed by atoms with Crippen molar-refractivity contribution in [2.75, 3.05) is 0 Å². The first-order valence-corrected chi connectivity index (χ1v) is 15.8. The smallest absolute Gasteiger partial charge is 0.247 e. The maximum atomic E-state index is 14.6. The Kier molecular flexibility index (Phi) is 8.49. The number of carbonyl (C=O) groups is 3. The van der Waals surface area contributed by atoms with Crippen LogP contribution in [0.5, 0.6) is 0 Å². The van der Waals surface area contributed by atoms with E-state index in [0.717, 1.165) is 17.1 Å². The third kappa shape index (κ3) is 6.59. The molecule has 8 heteroatoms. The first-order chi connectivity index (χ1) is 20.6. The summed E-state index contributed by atoms with van der Waals surface area (Å²) < 4.78 is 0. The van der Waals surface area contributed by atoms with Crippen LogP contribution in [0, 0.1) is 11.8 Å². The molecule has 44 heavy (non-hydrogen) atoms. The van der Waals surface area contributed by atoms with E-state index in [4.69, 9.17) is 4.98 Å². The Morgan fingerprint density at radius 3 is 2.11 bits per heavy atom. The summed E-state index contributed by atoms with van der Waals surface area (Å²) >= 11 is 0. The molecule has 1 saturated heterocycles. The molecule has 8 nitrogen and oxygen atoms in total. The zero-order chi connectivity index (χ0) is 32.0. The first kappa shape index (κ1) is 31.5. The molecule has 2 aliphatic rings. The number of rotatable bonds is 7. The molecule has 234 valence electrons. The van der Waals surface area contributed by atoms with Gasteiger partial charge < -0.3 is 20.5 Å². The van der Waals surface area contributed by atoms with Gasteiger partial charge in [0.2, 0.25) is 17.7 Å². The predicted molar refractivity (Wildman–Crippen MR) is 173 cm³/mol. The van der Waals surface area contributed by atoms with Crippen molar-refractivity contribution in [1.29, 1.82) is 0 Å². The number of imidazole rings is 1. The zero-order valence-corrected chi connectivity index (χ0v) is 27.3. The molecule has 1 aromatic heterocycles. The molecule has 0 radical (unpaired) electrons. The van der Waals surface area contributed by atoms with E-state index in [1.807, 2.05) is 77.2 Å². The van der Waals surface area contributed by atoms with Crippen LogP contribution in [0.1, 0.15) is 90.2 Å². The molecule has 1 fully saturated rings. The van der Waals surface area contributed by atoms with E-state index in [9.17, 15) is 14.4 Å². The van der Waals surface area contributed by atoms with Crippen molar-refractivity contribution < 1.29 is 14.4 Å². The summed E-state index contributed by atoms with van der Waals surface area (Å²) in [7, 11) is 0. The van der Waals surface area contributed by atoms with Gasteiger partial charge in [-0.05, 0) is 68.6 Å². The summed E-state index contributed by atoms with van der Waals surface area (Å²) in [6.07, 6.45) is 3.80. The van der Waals surface area contributed by atoms with Gasteiger partial charge in [0.15, 0.2) is 0 Å². The van der Waals surface area contributed by atoms with Crippen molar-refractivity contribution in [2.24, 2.45) is 11.8 Å². The Labute approximate surface area is 261 Å². The second-order valence-corrected chi connectivity index (χ2v) is 15.0. The Bertz CT molecular complexity index is 1500. The number of fused-ring (bicyclic) bond motifs is 1. The number of carbonyl (C=O) groups excluding carboxylic acids is 3. The molecular formula is C36H47N5O3. The molecule has 3 N–H and O–H groups in total. The number of benzene rings is 2. The highest BCUT2D eigenvalue weighted by Gasteiger charge is 2.49. The van der Waals surface area contributed by atoms with Crippen LogP contribution in [0.15, 0.2) is 54.7 Å². The van der Waals surface area contributed by atoms with Crippen LogP contribution in [-0.4, -0.2) is 50.2 Å². The van der Waals surface area contributed by atoms with Crippen LogP contribution in [0.25, 0.3) is 11.4 Å². The summed E-state index contributed by atoms with van der Waals surface area (Å²) in [4.78, 5) is 52.2. The van der Waals surface area contributed by atoms with Crippen LogP contribution in [-0.2, 0) is 32.6 Å². The highest BCUT2D eigenvalue weighted by atomic mass is 16.2. The fourth-order valence-corrected chi connectivity index (χ4v) is 6.43. The van der Waals surface area contributed by atoms with Crippen molar-refractivity contribution in [3.05, 3.63) is 77.1 Å². The van der Waals surface area contributed by atoms with Crippen molar-refractivity contribution in [2.45, 2.75) is 104 Å². The van der Waals surface area contributed by atoms with Gasteiger partial charge in [0.25, 0.3) is 0 Å². The highest BCUT2D eigenvalue weighted by Crippen LogP contribution is 2.36. The highest BCUT2D eigenvalue weighted by molar-refractivity contribution is 6.00. The molecule has 2 aromatic carbocycles. The van der Waals surface area contributed by atoms with E-state index in [1.165, 1.54) is 11.1 Å². The van der Waals surface area contributed by atoms with Gasteiger partial charge in [-0.15, -0.1) is 0 Å². The summed E-state index contributed by atoms with van der Waals surface area (Å²) in [5, 5.41) is 6.20. The number of hydrogen-bond donors (Lipinski definition) is 3. The molecule has 0 bridgehead atoms. The van der Waals surface area contributed by atoms with Crippen LogP contribution in [0.3, 0.4) is 0 Å². The van der Waals surface area contributed by atoms with Gasteiger partial charge in [0, 0.05) is 22.7 Å². The van der Waals surface area contributed by atoms with Gasteiger partial charge in [0.1, 0.15) is 23.9 Å². The molecule has 3 unspecified atom stereocenters. The van der Waals surface area contributed by atoms with Gasteiger partial charge in [-0.2, -0.15) is 0 Å². The predicted octanol–water partition coefficient (Wildman–Crippen LogP) is 5.49. The van der Waals surface area contributed by atoms with Crippen LogP contribution in [0.2, 0.25) is 0 Å². The molecule has 2 heterocycles. The minimum atomic E-state index is -0.974. The molecule has 0 saturated carbocycles. The average Bonchev–Trinajstić information content (AvgIpc) is 3.59. The lowest BCUT2D eigenvalue weighted by Gasteiger charge is -2.45. The Hall–Kier alpha value is -3.94. The second kappa shape index (κ2) is 11.9. The number of aromatic nitrogens is 2. The van der Waals surface area contributed by atoms with E-state index in [-0.39, 0.29) is 35.0 Å². The first-order valence-electron chi connectivity index (χ1n) is 15.8. The largest absolute Gasteiger partial charge is 0.349 e. The van der Waals surface area contributed by atoms with Crippen LogP contribution < -0.4 is 10.6 Å². The molecule has 5 rings (SSSR count). The number of aromatic amines is 1. The SMILES string of the molecule is CC(C)CC1C(=O)NC(C2Cc3ccccc3C2)C(=O)N1C(C(=O)NC(C)(C)C)c1ccc(-c2nc(C(C)(C)C)c[nH]2)cc1. The molecule has 3 aromatic rings. The van der Waals surface area contributed by atoms with Crippen molar-refractivity contribution in [3.8, 4) is 11.4 Å². The van der Waals surface area contributed by atoms with Crippen molar-refractivity contribution in [1.82, 2.24) is 25.5 Å². The van der Waals surface area contributed by atoms with Crippen LogP contribution in [0.4, 0.5) is 0 Å². The maximum Gasteiger partial charge on any atom is 0.247 e. The van der Waals surface area contributed by atoms with Crippen molar-refractivity contribution >= 4 is 17.7 Å². The average molecular weight is 598 g/mol. The quantitative estimate of drug-likeness (QED) is 0.335. The summed E-state index contributed by atoms with van der Waals surface area (Å²) in [5.74, 6) is 0.100. The fraction of sp³-hybridized carbons (Fsp3) is 0.500. The lowest BCUT2D eigenvalue weighted by molar-refractivity contribution is -0.158. The van der Waals surface area contributed by atoms with E-state index in [0.29, 0.717) is 24.8 Å². The number of piperazine rings is 1. The lowest BCUT2D eigenvalue weighted by atomic mass is 9.87. The minimum Gasteiger partial charge on any atom is -0.349 e. The number of nitrogens with zero attached hydrogens (tertiary/aromatic N) is 2. The van der Waals surface area contributed by atoms with E-state index >= 15 is 0 Å². The molecule has 0 spiro atoms. The zero-order valence-electron chi connectivity index (χ0n) is 27.3. The number of amides is 3. The summed E-state index contributed by atoms with van der Waals surface area (Å²) in [5.41, 5.74) is 4.28. The number of hydrogen-bond acceptors (Lipinski definition) is 4. The maximum absolute atomic E-state index is 14.6. The fourth-order valence-electron chi connectivity index (χ4n) is 6.43. The lowest BCUT2D eigenvalue weighted by Crippen LogP contribution is -2.67. The molecular weight excluding hydrogens is 550 g/mol. The van der Waals surface area contributed by atoms with Crippen molar-refractivity contribution in [3.63, 3.8) is 0 Å². The van der Waals surface area contributed by atoms with Gasteiger partial charge in [0.05, 0.1) is 5.69 Å². The Morgan fingerprint density at radius 2 is 1.59 bits per heavy atom. The molecule has 1 aliphatic heterocycles. The summed E-state index contributed by atoms with van der Waals surface area (Å²) in [6, 6.07) is 13.4. The topological polar surface area (TPSA) is 107 Å².